The number of piperidine rings is 1. The molecule has 2 aromatic rings. The number of methoxy groups -OCH3 is 1. The molecule has 0 radical (unpaired) electrons. The molecular formula is C23H23FN2O4. The van der Waals surface area contributed by atoms with Crippen LogP contribution in [0.1, 0.15) is 28.8 Å². The van der Waals surface area contributed by atoms with Crippen LogP contribution in [0.3, 0.4) is 0 Å². The minimum absolute atomic E-state index is 0.174. The second-order valence-electron chi connectivity index (χ2n) is 7.68. The minimum atomic E-state index is -0.692. The van der Waals surface area contributed by atoms with Crippen molar-refractivity contribution in [2.24, 2.45) is 5.92 Å². The Morgan fingerprint density at radius 2 is 1.80 bits per heavy atom. The Labute approximate surface area is 174 Å². The van der Waals surface area contributed by atoms with Crippen LogP contribution in [0.25, 0.3) is 0 Å². The topological polar surface area (TPSA) is 66.9 Å². The summed E-state index contributed by atoms with van der Waals surface area (Å²) in [6.45, 7) is 0.804. The number of hydrogen-bond acceptors (Lipinski definition) is 4. The standard InChI is InChI=1S/C23H23FN2O4/c1-30-23(29)20-13-16-5-2-3-7-19(16)26(20)22(28)17-6-4-12-25(14-17)21(27)15-8-10-18(24)11-9-15/h2-3,5,7-11,17,20H,4,6,12-14H2,1H3. The molecule has 2 heterocycles. The lowest BCUT2D eigenvalue weighted by Gasteiger charge is -2.35. The first-order valence-corrected chi connectivity index (χ1v) is 10.0. The van der Waals surface area contributed by atoms with Crippen LogP contribution in [0.5, 0.6) is 0 Å². The first-order chi connectivity index (χ1) is 14.5. The van der Waals surface area contributed by atoms with Crippen molar-refractivity contribution < 1.29 is 23.5 Å². The molecule has 0 N–H and O–H groups in total. The van der Waals surface area contributed by atoms with Crippen molar-refractivity contribution in [1.29, 1.82) is 0 Å². The van der Waals surface area contributed by atoms with Crippen molar-refractivity contribution in [3.63, 3.8) is 0 Å². The Hall–Kier alpha value is -3.22. The SMILES string of the molecule is COC(=O)C1Cc2ccccc2N1C(=O)C1CCCN(C(=O)c2ccc(F)cc2)C1. The lowest BCUT2D eigenvalue weighted by molar-refractivity contribution is -0.143. The Balaban J connectivity index is 1.55. The van der Waals surface area contributed by atoms with Gasteiger partial charge in [-0.15, -0.1) is 0 Å². The molecule has 1 fully saturated rings. The molecule has 7 heteroatoms. The molecular weight excluding hydrogens is 387 g/mol. The zero-order valence-electron chi connectivity index (χ0n) is 16.7. The molecule has 2 unspecified atom stereocenters. The van der Waals surface area contributed by atoms with E-state index in [0.717, 1.165) is 11.3 Å². The first kappa shape index (κ1) is 20.1. The third-order valence-corrected chi connectivity index (χ3v) is 5.84. The highest BCUT2D eigenvalue weighted by molar-refractivity contribution is 6.04. The Morgan fingerprint density at radius 3 is 2.53 bits per heavy atom. The summed E-state index contributed by atoms with van der Waals surface area (Å²) >= 11 is 0. The fourth-order valence-corrected chi connectivity index (χ4v) is 4.32. The molecule has 156 valence electrons. The van der Waals surface area contributed by atoms with E-state index >= 15 is 0 Å². The van der Waals surface area contributed by atoms with E-state index in [4.69, 9.17) is 4.74 Å². The van der Waals surface area contributed by atoms with E-state index < -0.39 is 23.7 Å². The van der Waals surface area contributed by atoms with Crippen LogP contribution in [-0.4, -0.2) is 48.9 Å². The average molecular weight is 410 g/mol. The van der Waals surface area contributed by atoms with Gasteiger partial charge in [0.15, 0.2) is 0 Å². The Bertz CT molecular complexity index is 975. The number of halogens is 1. The van der Waals surface area contributed by atoms with Gasteiger partial charge < -0.3 is 9.64 Å². The van der Waals surface area contributed by atoms with Crippen molar-refractivity contribution in [1.82, 2.24) is 4.90 Å². The molecule has 6 nitrogen and oxygen atoms in total. The third-order valence-electron chi connectivity index (χ3n) is 5.84. The number of carbonyl (C=O) groups excluding carboxylic acids is 3. The van der Waals surface area contributed by atoms with Gasteiger partial charge in [-0.2, -0.15) is 0 Å². The van der Waals surface area contributed by atoms with Gasteiger partial charge in [0.2, 0.25) is 5.91 Å². The smallest absolute Gasteiger partial charge is 0.329 e. The molecule has 4 rings (SSSR count). The highest BCUT2D eigenvalue weighted by atomic mass is 19.1. The van der Waals surface area contributed by atoms with Crippen LogP contribution in [0, 0.1) is 11.7 Å². The maximum absolute atomic E-state index is 13.5. The molecule has 30 heavy (non-hydrogen) atoms. The lowest BCUT2D eigenvalue weighted by atomic mass is 9.95. The molecule has 0 aromatic heterocycles. The van der Waals surface area contributed by atoms with Gasteiger partial charge in [0.05, 0.1) is 13.0 Å². The van der Waals surface area contributed by atoms with E-state index in [2.05, 4.69) is 0 Å². The maximum Gasteiger partial charge on any atom is 0.329 e. The van der Waals surface area contributed by atoms with Gasteiger partial charge >= 0.3 is 5.97 Å². The van der Waals surface area contributed by atoms with Crippen molar-refractivity contribution >= 4 is 23.5 Å². The van der Waals surface area contributed by atoms with Gasteiger partial charge in [0.1, 0.15) is 11.9 Å². The molecule has 2 aromatic carbocycles. The van der Waals surface area contributed by atoms with Gasteiger partial charge in [-0.05, 0) is 48.7 Å². The quantitative estimate of drug-likeness (QED) is 0.730. The highest BCUT2D eigenvalue weighted by Gasteiger charge is 2.42. The number of hydrogen-bond donors (Lipinski definition) is 0. The van der Waals surface area contributed by atoms with E-state index in [1.54, 1.807) is 4.90 Å². The van der Waals surface area contributed by atoms with E-state index in [0.29, 0.717) is 31.4 Å². The fourth-order valence-electron chi connectivity index (χ4n) is 4.32. The van der Waals surface area contributed by atoms with Gasteiger partial charge in [-0.1, -0.05) is 18.2 Å². The van der Waals surface area contributed by atoms with Gasteiger partial charge in [0, 0.05) is 30.8 Å². The zero-order valence-corrected chi connectivity index (χ0v) is 16.7. The summed E-state index contributed by atoms with van der Waals surface area (Å²) in [4.78, 5) is 41.8. The number of fused-ring (bicyclic) bond motifs is 1. The van der Waals surface area contributed by atoms with Crippen molar-refractivity contribution in [2.45, 2.75) is 25.3 Å². The summed E-state index contributed by atoms with van der Waals surface area (Å²) in [7, 11) is 1.32. The van der Waals surface area contributed by atoms with Crippen molar-refractivity contribution in [3.8, 4) is 0 Å². The molecule has 0 aliphatic carbocycles. The van der Waals surface area contributed by atoms with Crippen LogP contribution in [-0.2, 0) is 20.7 Å². The number of carbonyl (C=O) groups is 3. The van der Waals surface area contributed by atoms with Gasteiger partial charge in [-0.3, -0.25) is 14.5 Å². The summed E-state index contributed by atoms with van der Waals surface area (Å²) in [5.41, 5.74) is 2.04. The van der Waals surface area contributed by atoms with Crippen LogP contribution >= 0.6 is 0 Å². The van der Waals surface area contributed by atoms with E-state index in [-0.39, 0.29) is 18.4 Å². The van der Waals surface area contributed by atoms with Gasteiger partial charge in [-0.25, -0.2) is 9.18 Å². The molecule has 2 aliphatic heterocycles. The highest BCUT2D eigenvalue weighted by Crippen LogP contribution is 2.35. The second-order valence-corrected chi connectivity index (χ2v) is 7.68. The molecule has 2 aliphatic rings. The average Bonchev–Trinajstić information content (AvgIpc) is 3.17. The zero-order chi connectivity index (χ0) is 21.3. The Morgan fingerprint density at radius 1 is 1.07 bits per heavy atom. The van der Waals surface area contributed by atoms with E-state index in [9.17, 15) is 18.8 Å². The predicted molar refractivity (Wildman–Crippen MR) is 108 cm³/mol. The van der Waals surface area contributed by atoms with E-state index in [1.165, 1.54) is 36.3 Å². The number of likely N-dealkylation sites (tertiary alicyclic amines) is 1. The molecule has 0 spiro atoms. The summed E-state index contributed by atoms with van der Waals surface area (Å²) in [6.07, 6.45) is 1.74. The summed E-state index contributed by atoms with van der Waals surface area (Å²) < 4.78 is 18.1. The summed E-state index contributed by atoms with van der Waals surface area (Å²) in [6, 6.07) is 12.2. The molecule has 1 saturated heterocycles. The third kappa shape index (κ3) is 3.67. The van der Waals surface area contributed by atoms with E-state index in [1.807, 2.05) is 24.3 Å². The van der Waals surface area contributed by atoms with Crippen LogP contribution < -0.4 is 4.90 Å². The molecule has 0 saturated carbocycles. The number of esters is 1. The normalized spacial score (nSPS) is 20.6. The number of benzene rings is 2. The number of para-hydroxylation sites is 1. The fraction of sp³-hybridized carbons (Fsp3) is 0.348. The second kappa shape index (κ2) is 8.26. The number of ether oxygens (including phenoxy) is 1. The number of rotatable bonds is 3. The largest absolute Gasteiger partial charge is 0.467 e. The van der Waals surface area contributed by atoms with Crippen LogP contribution in [0.4, 0.5) is 10.1 Å². The summed E-state index contributed by atoms with van der Waals surface area (Å²) in [5, 5.41) is 0. The van der Waals surface area contributed by atoms with Crippen molar-refractivity contribution in [2.75, 3.05) is 25.1 Å². The van der Waals surface area contributed by atoms with Crippen LogP contribution in [0.15, 0.2) is 48.5 Å². The number of anilines is 1. The van der Waals surface area contributed by atoms with Crippen molar-refractivity contribution in [3.05, 3.63) is 65.5 Å². The molecule has 2 amide bonds. The predicted octanol–water partition coefficient (Wildman–Crippen LogP) is 2.81. The first-order valence-electron chi connectivity index (χ1n) is 10.0. The maximum atomic E-state index is 13.5. The number of amides is 2. The van der Waals surface area contributed by atoms with Crippen LogP contribution in [0.2, 0.25) is 0 Å². The summed E-state index contributed by atoms with van der Waals surface area (Å²) in [5.74, 6) is -1.67. The monoisotopic (exact) mass is 410 g/mol. The molecule has 0 bridgehead atoms. The molecule has 2 atom stereocenters. The van der Waals surface area contributed by atoms with Gasteiger partial charge in [0.25, 0.3) is 5.91 Å². The number of nitrogens with zero attached hydrogens (tertiary/aromatic N) is 2. The Kier molecular flexibility index (Phi) is 5.53. The lowest BCUT2D eigenvalue weighted by Crippen LogP contribution is -2.51. The minimum Gasteiger partial charge on any atom is -0.467 e.